The molecule has 5 aromatic rings. The fourth-order valence-electron chi connectivity index (χ4n) is 6.18. The molecule has 214 valence electrons. The van der Waals surface area contributed by atoms with E-state index >= 15 is 0 Å². The standard InChI is InChI=1S/C31H28F3N7O/c32-31(33,34)30(42)40-14-12-39(13-15-40)23-16-22(17-23)29-38-26(27-28(35)36-10-11-41(27)29)21-7-6-20-8-9-24(37-25(20)18-21)19-4-2-1-3-5-19/h1-11,18,22-23H,12-17H2,(H2,35,36). The SMILES string of the molecule is Nc1nccn2c(C3CC(N4CCN(C(=O)C(F)(F)F)CC4)C3)nc(-c3ccc4ccc(-c5ccccc5)nc4c3)c12. The number of amides is 1. The summed E-state index contributed by atoms with van der Waals surface area (Å²) in [6.45, 7) is 1.03. The van der Waals surface area contributed by atoms with E-state index in [-0.39, 0.29) is 25.0 Å². The van der Waals surface area contributed by atoms with Crippen molar-refractivity contribution in [1.82, 2.24) is 29.2 Å². The normalized spacial score (nSPS) is 19.7. The zero-order valence-electron chi connectivity index (χ0n) is 22.6. The van der Waals surface area contributed by atoms with Crippen molar-refractivity contribution < 1.29 is 18.0 Å². The number of piperazine rings is 1. The van der Waals surface area contributed by atoms with E-state index in [0.717, 1.165) is 62.5 Å². The summed E-state index contributed by atoms with van der Waals surface area (Å²) in [7, 11) is 0. The summed E-state index contributed by atoms with van der Waals surface area (Å²) in [5.41, 5.74) is 11.5. The molecule has 7 rings (SSSR count). The first-order valence-corrected chi connectivity index (χ1v) is 14.0. The van der Waals surface area contributed by atoms with Crippen LogP contribution in [-0.2, 0) is 4.79 Å². The van der Waals surface area contributed by atoms with Gasteiger partial charge in [0.15, 0.2) is 0 Å². The van der Waals surface area contributed by atoms with Crippen LogP contribution < -0.4 is 5.73 Å². The molecular formula is C31H28F3N7O. The summed E-state index contributed by atoms with van der Waals surface area (Å²) in [5, 5.41) is 1.02. The van der Waals surface area contributed by atoms with Gasteiger partial charge in [-0.1, -0.05) is 48.5 Å². The predicted octanol–water partition coefficient (Wildman–Crippen LogP) is 5.15. The minimum absolute atomic E-state index is 0.0835. The Kier molecular flexibility index (Phi) is 6.34. The molecular weight excluding hydrogens is 543 g/mol. The summed E-state index contributed by atoms with van der Waals surface area (Å²) in [5.74, 6) is -0.312. The average Bonchev–Trinajstić information content (AvgIpc) is 3.36. The molecule has 3 aromatic heterocycles. The Hall–Kier alpha value is -4.51. The van der Waals surface area contributed by atoms with Crippen LogP contribution in [0.2, 0.25) is 0 Å². The van der Waals surface area contributed by atoms with Crippen LogP contribution >= 0.6 is 0 Å². The van der Waals surface area contributed by atoms with Gasteiger partial charge in [-0.25, -0.2) is 15.0 Å². The van der Waals surface area contributed by atoms with Crippen LogP contribution in [0, 0.1) is 0 Å². The molecule has 1 aliphatic heterocycles. The molecule has 11 heteroatoms. The van der Waals surface area contributed by atoms with Gasteiger partial charge in [0.2, 0.25) is 0 Å². The van der Waals surface area contributed by atoms with E-state index in [0.29, 0.717) is 18.9 Å². The van der Waals surface area contributed by atoms with Gasteiger partial charge in [0.05, 0.1) is 11.2 Å². The highest BCUT2D eigenvalue weighted by atomic mass is 19.4. The highest BCUT2D eigenvalue weighted by Crippen LogP contribution is 2.42. The molecule has 0 radical (unpaired) electrons. The molecule has 0 spiro atoms. The van der Waals surface area contributed by atoms with E-state index in [1.165, 1.54) is 0 Å². The third kappa shape index (κ3) is 4.63. The van der Waals surface area contributed by atoms with Gasteiger partial charge in [-0.15, -0.1) is 0 Å². The van der Waals surface area contributed by atoms with Gasteiger partial charge < -0.3 is 10.6 Å². The van der Waals surface area contributed by atoms with E-state index in [9.17, 15) is 18.0 Å². The number of aromatic nitrogens is 4. The van der Waals surface area contributed by atoms with E-state index in [1.807, 2.05) is 65.2 Å². The Labute approximate surface area is 239 Å². The van der Waals surface area contributed by atoms with Crippen molar-refractivity contribution in [3.8, 4) is 22.5 Å². The molecule has 2 N–H and O–H groups in total. The Bertz CT molecular complexity index is 1790. The molecule has 0 atom stereocenters. The Morgan fingerprint density at radius 1 is 0.905 bits per heavy atom. The maximum Gasteiger partial charge on any atom is 0.471 e. The van der Waals surface area contributed by atoms with Gasteiger partial charge in [-0.3, -0.25) is 14.1 Å². The molecule has 2 aromatic carbocycles. The molecule has 2 aliphatic rings. The monoisotopic (exact) mass is 571 g/mol. The second-order valence-corrected chi connectivity index (χ2v) is 11.0. The molecule has 1 saturated carbocycles. The number of imidazole rings is 1. The lowest BCUT2D eigenvalue weighted by atomic mass is 9.78. The molecule has 0 bridgehead atoms. The predicted molar refractivity (Wildman–Crippen MR) is 154 cm³/mol. The van der Waals surface area contributed by atoms with Crippen LogP contribution in [0.4, 0.5) is 19.0 Å². The molecule has 0 unspecified atom stereocenters. The van der Waals surface area contributed by atoms with Gasteiger partial charge in [0, 0.05) is 67.0 Å². The smallest absolute Gasteiger partial charge is 0.382 e. The second-order valence-electron chi connectivity index (χ2n) is 11.0. The lowest BCUT2D eigenvalue weighted by Crippen LogP contribution is -2.56. The minimum Gasteiger partial charge on any atom is -0.382 e. The van der Waals surface area contributed by atoms with Gasteiger partial charge in [0.25, 0.3) is 0 Å². The minimum atomic E-state index is -4.83. The number of nitrogens with two attached hydrogens (primary N) is 1. The van der Waals surface area contributed by atoms with Crippen LogP contribution in [0.5, 0.6) is 0 Å². The van der Waals surface area contributed by atoms with E-state index in [1.54, 1.807) is 6.20 Å². The number of alkyl halides is 3. The fourth-order valence-corrected chi connectivity index (χ4v) is 6.18. The summed E-state index contributed by atoms with van der Waals surface area (Å²) < 4.78 is 40.5. The van der Waals surface area contributed by atoms with E-state index < -0.39 is 12.1 Å². The summed E-state index contributed by atoms with van der Waals surface area (Å²) in [6, 6.07) is 20.4. The molecule has 1 aliphatic carbocycles. The Morgan fingerprint density at radius 3 is 2.38 bits per heavy atom. The zero-order valence-corrected chi connectivity index (χ0v) is 22.6. The van der Waals surface area contributed by atoms with Crippen molar-refractivity contribution in [2.45, 2.75) is 31.0 Å². The average molecular weight is 572 g/mol. The summed E-state index contributed by atoms with van der Waals surface area (Å²) >= 11 is 0. The number of fused-ring (bicyclic) bond motifs is 2. The maximum absolute atomic E-state index is 12.8. The number of carbonyl (C=O) groups is 1. The van der Waals surface area contributed by atoms with Crippen LogP contribution in [0.3, 0.4) is 0 Å². The van der Waals surface area contributed by atoms with Crippen molar-refractivity contribution in [3.05, 3.63) is 78.9 Å². The first-order chi connectivity index (χ1) is 20.3. The fraction of sp³-hybridized carbons (Fsp3) is 0.290. The number of nitrogen functional groups attached to an aromatic ring is 1. The van der Waals surface area contributed by atoms with E-state index in [2.05, 4.69) is 16.0 Å². The molecule has 42 heavy (non-hydrogen) atoms. The first kappa shape index (κ1) is 26.4. The van der Waals surface area contributed by atoms with Crippen molar-refractivity contribution in [2.75, 3.05) is 31.9 Å². The van der Waals surface area contributed by atoms with Crippen molar-refractivity contribution in [3.63, 3.8) is 0 Å². The van der Waals surface area contributed by atoms with Crippen molar-refractivity contribution in [1.29, 1.82) is 0 Å². The lowest BCUT2D eigenvalue weighted by molar-refractivity contribution is -0.187. The van der Waals surface area contributed by atoms with Crippen LogP contribution in [-0.4, -0.2) is 73.5 Å². The number of hydrogen-bond acceptors (Lipinski definition) is 6. The number of rotatable bonds is 4. The third-order valence-corrected chi connectivity index (χ3v) is 8.48. The van der Waals surface area contributed by atoms with Gasteiger partial charge in [-0.2, -0.15) is 13.2 Å². The van der Waals surface area contributed by atoms with Crippen molar-refractivity contribution >= 4 is 28.1 Å². The number of hydrogen-bond donors (Lipinski definition) is 1. The Balaban J connectivity index is 1.14. The zero-order chi connectivity index (χ0) is 29.0. The second kappa shape index (κ2) is 10.1. The Morgan fingerprint density at radius 2 is 1.64 bits per heavy atom. The molecule has 4 heterocycles. The van der Waals surface area contributed by atoms with Gasteiger partial charge >= 0.3 is 12.1 Å². The lowest BCUT2D eigenvalue weighted by Gasteiger charge is -2.46. The molecule has 1 saturated heterocycles. The number of pyridine rings is 1. The number of halogens is 3. The van der Waals surface area contributed by atoms with Crippen LogP contribution in [0.1, 0.15) is 24.6 Å². The number of anilines is 1. The molecule has 8 nitrogen and oxygen atoms in total. The number of benzene rings is 2. The molecule has 2 fully saturated rings. The maximum atomic E-state index is 12.8. The van der Waals surface area contributed by atoms with Gasteiger partial charge in [-0.05, 0) is 25.0 Å². The van der Waals surface area contributed by atoms with E-state index in [4.69, 9.17) is 15.7 Å². The number of carbonyl (C=O) groups excluding carboxylic acids is 1. The van der Waals surface area contributed by atoms with Crippen LogP contribution in [0.15, 0.2) is 73.1 Å². The number of nitrogens with zero attached hydrogens (tertiary/aromatic N) is 6. The first-order valence-electron chi connectivity index (χ1n) is 14.0. The summed E-state index contributed by atoms with van der Waals surface area (Å²) in [6.07, 6.45) is 0.365. The third-order valence-electron chi connectivity index (χ3n) is 8.48. The quantitative estimate of drug-likeness (QED) is 0.321. The largest absolute Gasteiger partial charge is 0.471 e. The van der Waals surface area contributed by atoms with Gasteiger partial charge in [0.1, 0.15) is 22.9 Å². The topological polar surface area (TPSA) is 92.7 Å². The summed E-state index contributed by atoms with van der Waals surface area (Å²) in [4.78, 5) is 29.0. The van der Waals surface area contributed by atoms with Crippen molar-refractivity contribution in [2.24, 2.45) is 0 Å². The molecule has 1 amide bonds. The van der Waals surface area contributed by atoms with Crippen LogP contribution in [0.25, 0.3) is 38.9 Å². The highest BCUT2D eigenvalue weighted by Gasteiger charge is 2.45. The highest BCUT2D eigenvalue weighted by molar-refractivity contribution is 5.91.